The van der Waals surface area contributed by atoms with Crippen LogP contribution < -0.4 is 21.3 Å². The highest BCUT2D eigenvalue weighted by molar-refractivity contribution is 5.99. The zero-order valence-electron chi connectivity index (χ0n) is 56.7. The van der Waals surface area contributed by atoms with Gasteiger partial charge in [0, 0.05) is 56.3 Å². The number of rotatable bonds is 15. The van der Waals surface area contributed by atoms with Crippen LogP contribution in [-0.4, -0.2) is 239 Å². The Morgan fingerprint density at radius 2 is 0.977 bits per heavy atom. The third kappa shape index (κ3) is 21.9. The fourth-order valence-electron chi connectivity index (χ4n) is 10.8. The molecule has 0 saturated carbocycles. The Labute approximate surface area is 518 Å². The SMILES string of the molecule is C/C=C/C[C@@H](C)[C@@H](O)[C@H]1C(=O)N[C@@H](CC)C(=O)N(C)CC(=O)N(C)[C@@H]([C@@H](C)OC(C)=O)C(=O)N[C@@H](C(C)C)C(=O)N(C)[C@H](CC(C)C)C(=O)N[C@@H](C)C(=O)N[C@@H](C)C(=O)N(C)[C@@H](CC(C)C)C(=O)N(C)[C@H](CC(C)C)C(=O)N(C)[C@@H](C(C)C)C(=O)N1C. The number of nitrogens with one attached hydrogen (secondary N) is 4. The van der Waals surface area contributed by atoms with Crippen molar-refractivity contribution in [1.82, 2.24) is 55.6 Å². The van der Waals surface area contributed by atoms with Crippen molar-refractivity contribution in [2.45, 2.75) is 222 Å². The predicted molar refractivity (Wildman–Crippen MR) is 330 cm³/mol. The molecule has 87 heavy (non-hydrogen) atoms. The molecule has 0 radical (unpaired) electrons. The van der Waals surface area contributed by atoms with Crippen LogP contribution in [-0.2, 0) is 62.3 Å². The third-order valence-corrected chi connectivity index (χ3v) is 16.1. The molecule has 5 N–H and O–H groups in total. The van der Waals surface area contributed by atoms with E-state index in [0.29, 0.717) is 0 Å². The van der Waals surface area contributed by atoms with E-state index in [1.54, 1.807) is 60.6 Å². The molecule has 1 aliphatic rings. The molecule has 13 atom stereocenters. The van der Waals surface area contributed by atoms with E-state index in [-0.39, 0.29) is 49.9 Å². The van der Waals surface area contributed by atoms with Gasteiger partial charge in [-0.1, -0.05) is 95.2 Å². The molecule has 11 amide bonds. The van der Waals surface area contributed by atoms with E-state index in [9.17, 15) is 53.1 Å². The van der Waals surface area contributed by atoms with Gasteiger partial charge in [0.15, 0.2) is 0 Å². The lowest BCUT2D eigenvalue weighted by atomic mass is 9.91. The van der Waals surface area contributed by atoms with E-state index in [0.717, 1.165) is 26.5 Å². The van der Waals surface area contributed by atoms with Crippen LogP contribution >= 0.6 is 0 Å². The lowest BCUT2D eigenvalue weighted by molar-refractivity contribution is -0.158. The van der Waals surface area contributed by atoms with Crippen LogP contribution in [0.1, 0.15) is 150 Å². The molecular weight excluding hydrogens is 1120 g/mol. The Kier molecular flexibility index (Phi) is 31.8. The molecule has 496 valence electrons. The van der Waals surface area contributed by atoms with Crippen molar-refractivity contribution in [3.63, 3.8) is 0 Å². The number of aliphatic hydroxyl groups is 1. The first-order valence-corrected chi connectivity index (χ1v) is 30.6. The fraction of sp³-hybridized carbons (Fsp3) is 0.774. The first kappa shape index (κ1) is 78.4. The van der Waals surface area contributed by atoms with Gasteiger partial charge in [-0.2, -0.15) is 0 Å². The zero-order chi connectivity index (χ0) is 67.6. The molecule has 1 rings (SSSR count). The van der Waals surface area contributed by atoms with Crippen molar-refractivity contribution in [3.8, 4) is 0 Å². The van der Waals surface area contributed by atoms with Gasteiger partial charge in [0.1, 0.15) is 66.5 Å². The Balaban J connectivity index is 4.38. The summed E-state index contributed by atoms with van der Waals surface area (Å²) in [6.07, 6.45) is 1.30. The van der Waals surface area contributed by atoms with Crippen LogP contribution in [0.15, 0.2) is 12.2 Å². The van der Waals surface area contributed by atoms with Gasteiger partial charge in [0.2, 0.25) is 65.0 Å². The number of hydrogen-bond donors (Lipinski definition) is 5. The minimum atomic E-state index is -1.65. The van der Waals surface area contributed by atoms with E-state index in [4.69, 9.17) is 4.74 Å². The van der Waals surface area contributed by atoms with Crippen molar-refractivity contribution in [2.24, 2.45) is 35.5 Å². The summed E-state index contributed by atoms with van der Waals surface area (Å²) in [7, 11) is 9.53. The van der Waals surface area contributed by atoms with Gasteiger partial charge in [-0.3, -0.25) is 57.5 Å². The topological polar surface area (TPSA) is 305 Å². The summed E-state index contributed by atoms with van der Waals surface area (Å²) in [6, 6.07) is -13.3. The van der Waals surface area contributed by atoms with E-state index in [1.807, 2.05) is 41.5 Å². The Morgan fingerprint density at radius 1 is 0.529 bits per heavy atom. The van der Waals surface area contributed by atoms with E-state index >= 15 is 9.59 Å². The Bertz CT molecular complexity index is 2430. The number of hydrogen-bond acceptors (Lipinski definition) is 14. The van der Waals surface area contributed by atoms with Crippen molar-refractivity contribution in [3.05, 3.63) is 12.2 Å². The second kappa shape index (κ2) is 35.4. The van der Waals surface area contributed by atoms with Gasteiger partial charge in [0.25, 0.3) is 0 Å². The number of likely N-dealkylation sites (N-methyl/N-ethyl adjacent to an activating group) is 7. The van der Waals surface area contributed by atoms with Gasteiger partial charge in [-0.15, -0.1) is 0 Å². The molecular formula is C62H109N11O14. The van der Waals surface area contributed by atoms with E-state index in [1.165, 1.54) is 84.8 Å². The van der Waals surface area contributed by atoms with Gasteiger partial charge in [0.05, 0.1) is 12.6 Å². The van der Waals surface area contributed by atoms with Crippen molar-refractivity contribution in [2.75, 3.05) is 55.9 Å². The minimum absolute atomic E-state index is 0.0365. The van der Waals surface area contributed by atoms with Crippen LogP contribution in [0, 0.1) is 35.5 Å². The molecule has 0 aromatic carbocycles. The summed E-state index contributed by atoms with van der Waals surface area (Å²) in [6.45, 7) is 27.5. The molecule has 0 unspecified atom stereocenters. The largest absolute Gasteiger partial charge is 0.460 e. The number of amides is 11. The van der Waals surface area contributed by atoms with E-state index in [2.05, 4.69) is 21.3 Å². The molecule has 1 heterocycles. The fourth-order valence-corrected chi connectivity index (χ4v) is 10.8. The second-order valence-electron chi connectivity index (χ2n) is 25.7. The first-order valence-electron chi connectivity index (χ1n) is 30.6. The van der Waals surface area contributed by atoms with Crippen molar-refractivity contribution >= 4 is 70.9 Å². The van der Waals surface area contributed by atoms with Gasteiger partial charge < -0.3 is 65.4 Å². The second-order valence-corrected chi connectivity index (χ2v) is 25.7. The minimum Gasteiger partial charge on any atom is -0.460 e. The molecule has 1 fully saturated rings. The van der Waals surface area contributed by atoms with Gasteiger partial charge in [-0.25, -0.2) is 0 Å². The highest BCUT2D eigenvalue weighted by Crippen LogP contribution is 2.25. The van der Waals surface area contributed by atoms with Gasteiger partial charge >= 0.3 is 5.97 Å². The lowest BCUT2D eigenvalue weighted by Gasteiger charge is -2.41. The van der Waals surface area contributed by atoms with Crippen LogP contribution in [0.3, 0.4) is 0 Å². The Hall–Kier alpha value is -6.66. The summed E-state index contributed by atoms with van der Waals surface area (Å²) in [4.78, 5) is 181. The molecule has 1 aliphatic heterocycles. The molecule has 25 heteroatoms. The highest BCUT2D eigenvalue weighted by Gasteiger charge is 2.46. The molecule has 0 aromatic heterocycles. The standard InChI is InChI=1S/C62H109N11O14/c1-25-27-28-38(13)52(76)51-56(80)65-43(26-2)58(82)67(18)32-47(75)71(22)50(41(16)87-42(17)74)55(79)66-48(36(9)10)61(85)68(19)44(29-33(3)4)54(78)63-39(14)53(77)64-40(15)57(81)69(20)45(30-34(5)6)59(83)70(21)46(31-35(7)8)60(84)72(23)49(37(11)12)62(86)73(51)24/h25,27,33-41,43-46,48-52,76H,26,28-32H2,1-24H3,(H,63,78)(H,64,77)(H,65,80)(H,66,79)/b27-25+/t38-,39+,40+,41-,43+,44-,45+,46-,48+,49+,50+,51+,52-/m1/s1. The van der Waals surface area contributed by atoms with Crippen molar-refractivity contribution < 1.29 is 67.4 Å². The maximum atomic E-state index is 15.1. The molecule has 0 aliphatic carbocycles. The molecule has 1 saturated heterocycles. The lowest BCUT2D eigenvalue weighted by Crippen LogP contribution is -2.63. The number of nitrogens with zero attached hydrogens (tertiary/aromatic N) is 7. The number of aliphatic hydroxyl groups excluding tert-OH is 1. The number of esters is 1. The summed E-state index contributed by atoms with van der Waals surface area (Å²) in [5.74, 6) is -11.5. The molecule has 0 bridgehead atoms. The van der Waals surface area contributed by atoms with Crippen molar-refractivity contribution in [1.29, 1.82) is 0 Å². The normalized spacial score (nSPS) is 26.8. The summed E-state index contributed by atoms with van der Waals surface area (Å²) >= 11 is 0. The summed E-state index contributed by atoms with van der Waals surface area (Å²) < 4.78 is 5.44. The number of carbonyl (C=O) groups is 12. The average Bonchev–Trinajstić information content (AvgIpc) is 1.44. The molecule has 0 spiro atoms. The van der Waals surface area contributed by atoms with Crippen LogP contribution in [0.5, 0.6) is 0 Å². The molecule has 0 aromatic rings. The third-order valence-electron chi connectivity index (χ3n) is 16.1. The van der Waals surface area contributed by atoms with E-state index < -0.39 is 168 Å². The maximum Gasteiger partial charge on any atom is 0.302 e. The number of ether oxygens (including phenoxy) is 1. The van der Waals surface area contributed by atoms with Crippen LogP contribution in [0.2, 0.25) is 0 Å². The van der Waals surface area contributed by atoms with Gasteiger partial charge in [-0.05, 0) is 95.3 Å². The predicted octanol–water partition coefficient (Wildman–Crippen LogP) is 2.17. The molecule has 25 nitrogen and oxygen atoms in total. The first-order chi connectivity index (χ1) is 40.1. The zero-order valence-corrected chi connectivity index (χ0v) is 56.7. The average molecular weight is 1230 g/mol. The Morgan fingerprint density at radius 3 is 1.44 bits per heavy atom. The maximum absolute atomic E-state index is 15.1. The number of carbonyl (C=O) groups excluding carboxylic acids is 12. The van der Waals surface area contributed by atoms with Crippen LogP contribution in [0.25, 0.3) is 0 Å². The summed E-state index contributed by atoms with van der Waals surface area (Å²) in [5, 5.41) is 22.8. The highest BCUT2D eigenvalue weighted by atomic mass is 16.5. The number of allylic oxidation sites excluding steroid dienone is 2. The smallest absolute Gasteiger partial charge is 0.302 e. The quantitative estimate of drug-likeness (QED) is 0.116. The summed E-state index contributed by atoms with van der Waals surface area (Å²) in [5.41, 5.74) is 0. The van der Waals surface area contributed by atoms with Crippen LogP contribution in [0.4, 0.5) is 0 Å². The monoisotopic (exact) mass is 1230 g/mol.